The zero-order valence-corrected chi connectivity index (χ0v) is 20.6. The average Bonchev–Trinajstić information content (AvgIpc) is 3.33. The van der Waals surface area contributed by atoms with E-state index < -0.39 is 10.0 Å². The Morgan fingerprint density at radius 1 is 1.03 bits per heavy atom. The number of nitrogens with zero attached hydrogens (tertiary/aromatic N) is 4. The van der Waals surface area contributed by atoms with Crippen molar-refractivity contribution in [3.8, 4) is 6.07 Å². The third-order valence-electron chi connectivity index (χ3n) is 6.69. The molecule has 1 aliphatic heterocycles. The van der Waals surface area contributed by atoms with Gasteiger partial charge in [0.05, 0.1) is 23.1 Å². The number of carbonyl (C=O) groups is 1. The van der Waals surface area contributed by atoms with Crippen molar-refractivity contribution in [2.24, 2.45) is 0 Å². The third kappa shape index (κ3) is 5.49. The van der Waals surface area contributed by atoms with Crippen LogP contribution in [0.25, 0.3) is 0 Å². The summed E-state index contributed by atoms with van der Waals surface area (Å²) in [6.45, 7) is 5.24. The Balaban J connectivity index is 1.34. The lowest BCUT2D eigenvalue weighted by Gasteiger charge is -2.35. The summed E-state index contributed by atoms with van der Waals surface area (Å²) in [5.74, 6) is 0.0247. The molecule has 0 bridgehead atoms. The molecule has 0 radical (unpaired) electrons. The fourth-order valence-corrected chi connectivity index (χ4v) is 6.27. The van der Waals surface area contributed by atoms with E-state index in [0.29, 0.717) is 49.7 Å². The lowest BCUT2D eigenvalue weighted by Crippen LogP contribution is -2.52. The Kier molecular flexibility index (Phi) is 7.67. The van der Waals surface area contributed by atoms with Gasteiger partial charge in [-0.05, 0) is 73.2 Å². The van der Waals surface area contributed by atoms with Gasteiger partial charge < -0.3 is 4.90 Å². The number of piperazine rings is 1. The summed E-state index contributed by atoms with van der Waals surface area (Å²) in [6, 6.07) is 15.1. The molecule has 0 saturated carbocycles. The molecule has 0 aromatic heterocycles. The Labute approximate surface area is 202 Å². The van der Waals surface area contributed by atoms with E-state index in [1.807, 2.05) is 24.3 Å². The molecular weight excluding hydrogens is 448 g/mol. The van der Waals surface area contributed by atoms with Crippen LogP contribution in [0.5, 0.6) is 0 Å². The SMILES string of the molecule is CCCN(CC(=O)N1CCN(S(=O)(=O)c2ccc3c(c2)CCC3)CC1)Cc1ccc(C#N)cc1. The van der Waals surface area contributed by atoms with Crippen LogP contribution in [0, 0.1) is 11.3 Å². The van der Waals surface area contributed by atoms with Crippen LogP contribution < -0.4 is 0 Å². The molecule has 34 heavy (non-hydrogen) atoms. The Morgan fingerprint density at radius 2 is 1.74 bits per heavy atom. The summed E-state index contributed by atoms with van der Waals surface area (Å²) in [6.07, 6.45) is 3.98. The number of rotatable bonds is 8. The molecule has 0 spiro atoms. The van der Waals surface area contributed by atoms with Crippen LogP contribution in [0.3, 0.4) is 0 Å². The molecule has 1 heterocycles. The van der Waals surface area contributed by atoms with E-state index in [9.17, 15) is 13.2 Å². The largest absolute Gasteiger partial charge is 0.339 e. The van der Waals surface area contributed by atoms with Gasteiger partial charge in [-0.25, -0.2) is 8.42 Å². The normalized spacial score (nSPS) is 16.4. The quantitative estimate of drug-likeness (QED) is 0.580. The average molecular weight is 481 g/mol. The fourth-order valence-electron chi connectivity index (χ4n) is 4.80. The van der Waals surface area contributed by atoms with Gasteiger partial charge in [0.1, 0.15) is 0 Å². The van der Waals surface area contributed by atoms with Gasteiger partial charge in [-0.2, -0.15) is 9.57 Å². The molecule has 0 atom stereocenters. The summed E-state index contributed by atoms with van der Waals surface area (Å²) < 4.78 is 27.8. The van der Waals surface area contributed by atoms with E-state index in [4.69, 9.17) is 5.26 Å². The molecule has 2 aromatic rings. The highest BCUT2D eigenvalue weighted by Crippen LogP contribution is 2.26. The molecule has 0 N–H and O–H groups in total. The number of benzene rings is 2. The maximum atomic E-state index is 13.2. The molecule has 2 aromatic carbocycles. The minimum absolute atomic E-state index is 0.0247. The van der Waals surface area contributed by atoms with Gasteiger partial charge in [-0.3, -0.25) is 9.69 Å². The van der Waals surface area contributed by atoms with Crippen LogP contribution in [0.2, 0.25) is 0 Å². The summed E-state index contributed by atoms with van der Waals surface area (Å²) in [5, 5.41) is 8.98. The molecule has 8 heteroatoms. The van der Waals surface area contributed by atoms with Crippen molar-refractivity contribution in [3.63, 3.8) is 0 Å². The number of aryl methyl sites for hydroxylation is 2. The van der Waals surface area contributed by atoms with Gasteiger partial charge >= 0.3 is 0 Å². The van der Waals surface area contributed by atoms with Crippen molar-refractivity contribution in [1.29, 1.82) is 5.26 Å². The standard InChI is InChI=1S/C26H32N4O3S/c1-2-12-28(19-22-8-6-21(18-27)7-9-22)20-26(31)29-13-15-30(16-14-29)34(32,33)25-11-10-23-4-3-5-24(23)17-25/h6-11,17H,2-5,12-16,19-20H2,1H3. The minimum atomic E-state index is -3.55. The number of hydrogen-bond donors (Lipinski definition) is 0. The first kappa shape index (κ1) is 24.4. The van der Waals surface area contributed by atoms with Gasteiger partial charge in [-0.1, -0.05) is 25.1 Å². The number of carbonyl (C=O) groups excluding carboxylic acids is 1. The second-order valence-electron chi connectivity index (χ2n) is 9.09. The first-order valence-corrected chi connectivity index (χ1v) is 13.5. The van der Waals surface area contributed by atoms with E-state index in [1.165, 1.54) is 9.87 Å². The summed E-state index contributed by atoms with van der Waals surface area (Å²) in [4.78, 5) is 17.2. The van der Waals surface area contributed by atoms with Crippen LogP contribution in [0.1, 0.15) is 42.0 Å². The molecule has 2 aliphatic rings. The molecular formula is C26H32N4O3S. The lowest BCUT2D eigenvalue weighted by atomic mass is 10.1. The van der Waals surface area contributed by atoms with E-state index in [0.717, 1.165) is 43.4 Å². The van der Waals surface area contributed by atoms with Crippen LogP contribution in [-0.4, -0.2) is 67.7 Å². The zero-order valence-electron chi connectivity index (χ0n) is 19.7. The maximum Gasteiger partial charge on any atom is 0.243 e. The number of hydrogen-bond acceptors (Lipinski definition) is 5. The molecule has 1 saturated heterocycles. The second kappa shape index (κ2) is 10.7. The lowest BCUT2D eigenvalue weighted by molar-refractivity contribution is -0.133. The van der Waals surface area contributed by atoms with Crippen LogP contribution >= 0.6 is 0 Å². The van der Waals surface area contributed by atoms with Crippen molar-refractivity contribution >= 4 is 15.9 Å². The highest BCUT2D eigenvalue weighted by Gasteiger charge is 2.31. The van der Waals surface area contributed by atoms with Gasteiger partial charge in [0, 0.05) is 32.7 Å². The van der Waals surface area contributed by atoms with Gasteiger partial charge in [0.2, 0.25) is 15.9 Å². The number of amides is 1. The molecule has 1 aliphatic carbocycles. The maximum absolute atomic E-state index is 13.2. The van der Waals surface area contributed by atoms with Gasteiger partial charge in [-0.15, -0.1) is 0 Å². The van der Waals surface area contributed by atoms with Crippen molar-refractivity contribution in [1.82, 2.24) is 14.1 Å². The number of sulfonamides is 1. The van der Waals surface area contributed by atoms with Gasteiger partial charge in [0.15, 0.2) is 0 Å². The second-order valence-corrected chi connectivity index (χ2v) is 11.0. The number of fused-ring (bicyclic) bond motifs is 1. The summed E-state index contributed by atoms with van der Waals surface area (Å²) in [5.41, 5.74) is 4.08. The van der Waals surface area contributed by atoms with Crippen LogP contribution in [0.15, 0.2) is 47.4 Å². The van der Waals surface area contributed by atoms with E-state index in [1.54, 1.807) is 23.1 Å². The number of nitriles is 1. The smallest absolute Gasteiger partial charge is 0.243 e. The zero-order chi connectivity index (χ0) is 24.1. The van der Waals surface area contributed by atoms with E-state index >= 15 is 0 Å². The van der Waals surface area contributed by atoms with Crippen LogP contribution in [-0.2, 0) is 34.2 Å². The first-order chi connectivity index (χ1) is 16.4. The van der Waals surface area contributed by atoms with Crippen molar-refractivity contribution in [2.45, 2.75) is 44.0 Å². The van der Waals surface area contributed by atoms with E-state index in [-0.39, 0.29) is 5.91 Å². The molecule has 1 fully saturated rings. The first-order valence-electron chi connectivity index (χ1n) is 12.0. The summed E-state index contributed by atoms with van der Waals surface area (Å²) >= 11 is 0. The Hall–Kier alpha value is -2.73. The highest BCUT2D eigenvalue weighted by molar-refractivity contribution is 7.89. The molecule has 180 valence electrons. The highest BCUT2D eigenvalue weighted by atomic mass is 32.2. The Morgan fingerprint density at radius 3 is 2.41 bits per heavy atom. The minimum Gasteiger partial charge on any atom is -0.339 e. The van der Waals surface area contributed by atoms with Gasteiger partial charge in [0.25, 0.3) is 0 Å². The van der Waals surface area contributed by atoms with Crippen molar-refractivity contribution in [3.05, 3.63) is 64.7 Å². The van der Waals surface area contributed by atoms with E-state index in [2.05, 4.69) is 17.9 Å². The third-order valence-corrected chi connectivity index (χ3v) is 8.58. The monoisotopic (exact) mass is 480 g/mol. The predicted octanol–water partition coefficient (Wildman–Crippen LogP) is 2.79. The topological polar surface area (TPSA) is 84.7 Å². The molecule has 7 nitrogen and oxygen atoms in total. The van der Waals surface area contributed by atoms with Crippen molar-refractivity contribution < 1.29 is 13.2 Å². The predicted molar refractivity (Wildman–Crippen MR) is 131 cm³/mol. The molecule has 4 rings (SSSR count). The van der Waals surface area contributed by atoms with Crippen molar-refractivity contribution in [2.75, 3.05) is 39.3 Å². The van der Waals surface area contributed by atoms with Crippen LogP contribution in [0.4, 0.5) is 0 Å². The Bertz CT molecular complexity index is 1160. The summed E-state index contributed by atoms with van der Waals surface area (Å²) in [7, 11) is -3.55. The molecule has 1 amide bonds. The fraction of sp³-hybridized carbons (Fsp3) is 0.462. The molecule has 0 unspecified atom stereocenters.